The first-order chi connectivity index (χ1) is 9.54. The van der Waals surface area contributed by atoms with E-state index in [4.69, 9.17) is 0 Å². The van der Waals surface area contributed by atoms with Crippen molar-refractivity contribution in [1.29, 1.82) is 0 Å². The maximum atomic E-state index is 9.91. The van der Waals surface area contributed by atoms with Gasteiger partial charge in [0.2, 0.25) is 0 Å². The Labute approximate surface area is 125 Å². The molecule has 3 heteroatoms. The van der Waals surface area contributed by atoms with Crippen LogP contribution in [0.3, 0.4) is 0 Å². The molecule has 1 aliphatic carbocycles. The van der Waals surface area contributed by atoms with Gasteiger partial charge in [0, 0.05) is 26.2 Å². The van der Waals surface area contributed by atoms with Gasteiger partial charge in [0.15, 0.2) is 0 Å². The van der Waals surface area contributed by atoms with Crippen LogP contribution in [-0.2, 0) is 0 Å². The summed E-state index contributed by atoms with van der Waals surface area (Å²) < 4.78 is 0. The molecule has 2 aliphatic rings. The summed E-state index contributed by atoms with van der Waals surface area (Å²) in [5, 5.41) is 13.5. The average molecular weight is 282 g/mol. The highest BCUT2D eigenvalue weighted by Crippen LogP contribution is 2.40. The van der Waals surface area contributed by atoms with Crippen molar-refractivity contribution in [3.8, 4) is 0 Å². The summed E-state index contributed by atoms with van der Waals surface area (Å²) in [6.07, 6.45) is 6.40. The third kappa shape index (κ3) is 4.19. The largest absolute Gasteiger partial charge is 0.393 e. The van der Waals surface area contributed by atoms with Crippen LogP contribution in [0.2, 0.25) is 0 Å². The minimum Gasteiger partial charge on any atom is -0.393 e. The third-order valence-corrected chi connectivity index (χ3v) is 5.44. The van der Waals surface area contributed by atoms with E-state index in [9.17, 15) is 5.11 Å². The van der Waals surface area contributed by atoms with Gasteiger partial charge >= 0.3 is 0 Å². The van der Waals surface area contributed by atoms with E-state index < -0.39 is 0 Å². The van der Waals surface area contributed by atoms with E-state index in [2.05, 4.69) is 31.0 Å². The lowest BCUT2D eigenvalue weighted by Gasteiger charge is -2.46. The van der Waals surface area contributed by atoms with E-state index in [0.717, 1.165) is 32.0 Å². The number of rotatable bonds is 5. The maximum Gasteiger partial charge on any atom is 0.0590 e. The average Bonchev–Trinajstić information content (AvgIpc) is 2.41. The fraction of sp³-hybridized carbons (Fsp3) is 1.00. The lowest BCUT2D eigenvalue weighted by molar-refractivity contribution is 0.00361. The fourth-order valence-corrected chi connectivity index (χ4v) is 4.36. The minimum absolute atomic E-state index is 0.0822. The monoisotopic (exact) mass is 282 g/mol. The van der Waals surface area contributed by atoms with Gasteiger partial charge in [-0.1, -0.05) is 33.6 Å². The molecule has 0 radical (unpaired) electrons. The second-order valence-electron chi connectivity index (χ2n) is 7.55. The van der Waals surface area contributed by atoms with Crippen molar-refractivity contribution in [3.05, 3.63) is 0 Å². The van der Waals surface area contributed by atoms with Crippen LogP contribution in [0.1, 0.15) is 52.9 Å². The van der Waals surface area contributed by atoms with E-state index >= 15 is 0 Å². The van der Waals surface area contributed by atoms with Gasteiger partial charge < -0.3 is 15.3 Å². The van der Waals surface area contributed by atoms with E-state index in [1.807, 2.05) is 0 Å². The Balaban J connectivity index is 1.96. The molecule has 20 heavy (non-hydrogen) atoms. The molecular weight excluding hydrogens is 248 g/mol. The topological polar surface area (TPSA) is 35.5 Å². The SMILES string of the molecule is CCNCC1(CN2CCC(O)C(C)C2)CCCC(C)C1. The molecule has 3 nitrogen and oxygen atoms in total. The summed E-state index contributed by atoms with van der Waals surface area (Å²) >= 11 is 0. The highest BCUT2D eigenvalue weighted by Gasteiger charge is 2.37. The van der Waals surface area contributed by atoms with Crippen molar-refractivity contribution in [2.45, 2.75) is 59.0 Å². The molecule has 4 atom stereocenters. The number of piperidine rings is 1. The second kappa shape index (κ2) is 7.24. The Bertz CT molecular complexity index is 297. The molecule has 1 heterocycles. The minimum atomic E-state index is -0.0822. The summed E-state index contributed by atoms with van der Waals surface area (Å²) in [5.74, 6) is 1.30. The van der Waals surface area contributed by atoms with Crippen molar-refractivity contribution in [2.24, 2.45) is 17.3 Å². The molecule has 2 fully saturated rings. The standard InChI is InChI=1S/C17H34N2O/c1-4-18-12-17(8-5-6-14(2)10-17)13-19-9-7-16(20)15(3)11-19/h14-16,18,20H,4-13H2,1-3H3. The van der Waals surface area contributed by atoms with Crippen LogP contribution in [0.15, 0.2) is 0 Å². The molecule has 0 aromatic rings. The van der Waals surface area contributed by atoms with Gasteiger partial charge in [-0.2, -0.15) is 0 Å². The highest BCUT2D eigenvalue weighted by atomic mass is 16.3. The van der Waals surface area contributed by atoms with Crippen LogP contribution >= 0.6 is 0 Å². The number of likely N-dealkylation sites (tertiary alicyclic amines) is 1. The number of nitrogens with zero attached hydrogens (tertiary/aromatic N) is 1. The Hall–Kier alpha value is -0.120. The molecule has 0 bridgehead atoms. The quantitative estimate of drug-likeness (QED) is 0.813. The maximum absolute atomic E-state index is 9.91. The molecular formula is C17H34N2O. The first-order valence-corrected chi connectivity index (χ1v) is 8.66. The summed E-state index contributed by atoms with van der Waals surface area (Å²) in [7, 11) is 0. The van der Waals surface area contributed by atoms with Gasteiger partial charge in [-0.25, -0.2) is 0 Å². The highest BCUT2D eigenvalue weighted by molar-refractivity contribution is 4.91. The first kappa shape index (κ1) is 16.3. The summed E-state index contributed by atoms with van der Waals surface area (Å²) in [5.41, 5.74) is 0.468. The smallest absolute Gasteiger partial charge is 0.0590 e. The predicted octanol–water partition coefficient (Wildman–Crippen LogP) is 2.50. The van der Waals surface area contributed by atoms with Gasteiger partial charge in [0.1, 0.15) is 0 Å². The van der Waals surface area contributed by atoms with Crippen molar-refractivity contribution in [1.82, 2.24) is 10.2 Å². The summed E-state index contributed by atoms with van der Waals surface area (Å²) in [6, 6.07) is 0. The molecule has 1 saturated carbocycles. The Kier molecular flexibility index (Phi) is 5.88. The Morgan fingerprint density at radius 1 is 1.30 bits per heavy atom. The molecule has 2 N–H and O–H groups in total. The van der Waals surface area contributed by atoms with Crippen LogP contribution in [0.25, 0.3) is 0 Å². The molecule has 0 aromatic carbocycles. The second-order valence-corrected chi connectivity index (χ2v) is 7.55. The van der Waals surface area contributed by atoms with Gasteiger partial charge in [0.05, 0.1) is 6.10 Å². The molecule has 2 rings (SSSR count). The zero-order valence-electron chi connectivity index (χ0n) is 13.7. The molecule has 118 valence electrons. The van der Waals surface area contributed by atoms with Crippen LogP contribution < -0.4 is 5.32 Å². The number of hydrogen-bond acceptors (Lipinski definition) is 3. The summed E-state index contributed by atoms with van der Waals surface area (Å²) in [6.45, 7) is 12.4. The zero-order valence-corrected chi connectivity index (χ0v) is 13.7. The molecule has 0 amide bonds. The molecule has 1 saturated heterocycles. The molecule has 4 unspecified atom stereocenters. The van der Waals surface area contributed by atoms with Crippen LogP contribution in [0.4, 0.5) is 0 Å². The number of hydrogen-bond donors (Lipinski definition) is 2. The normalized spacial score (nSPS) is 39.9. The van der Waals surface area contributed by atoms with Crippen molar-refractivity contribution >= 4 is 0 Å². The third-order valence-electron chi connectivity index (χ3n) is 5.44. The number of aliphatic hydroxyl groups is 1. The van der Waals surface area contributed by atoms with E-state index in [0.29, 0.717) is 11.3 Å². The van der Waals surface area contributed by atoms with Gasteiger partial charge in [-0.05, 0) is 43.1 Å². The van der Waals surface area contributed by atoms with Gasteiger partial charge in [-0.3, -0.25) is 0 Å². The first-order valence-electron chi connectivity index (χ1n) is 8.66. The number of nitrogens with one attached hydrogen (secondary N) is 1. The lowest BCUT2D eigenvalue weighted by atomic mass is 9.69. The van der Waals surface area contributed by atoms with Gasteiger partial charge in [0.25, 0.3) is 0 Å². The van der Waals surface area contributed by atoms with Crippen molar-refractivity contribution in [2.75, 3.05) is 32.7 Å². The summed E-state index contributed by atoms with van der Waals surface area (Å²) in [4.78, 5) is 2.62. The molecule has 0 aromatic heterocycles. The molecule has 1 aliphatic heterocycles. The Morgan fingerprint density at radius 3 is 2.75 bits per heavy atom. The van der Waals surface area contributed by atoms with Crippen LogP contribution in [0.5, 0.6) is 0 Å². The van der Waals surface area contributed by atoms with Crippen molar-refractivity contribution in [3.63, 3.8) is 0 Å². The van der Waals surface area contributed by atoms with Crippen LogP contribution in [0, 0.1) is 17.3 Å². The van der Waals surface area contributed by atoms with E-state index in [1.54, 1.807) is 0 Å². The van der Waals surface area contributed by atoms with E-state index in [-0.39, 0.29) is 6.10 Å². The zero-order chi connectivity index (χ0) is 14.6. The fourth-order valence-electron chi connectivity index (χ4n) is 4.36. The predicted molar refractivity (Wildman–Crippen MR) is 84.8 cm³/mol. The van der Waals surface area contributed by atoms with Gasteiger partial charge in [-0.15, -0.1) is 0 Å². The molecule has 0 spiro atoms. The number of aliphatic hydroxyl groups excluding tert-OH is 1. The van der Waals surface area contributed by atoms with E-state index in [1.165, 1.54) is 38.8 Å². The van der Waals surface area contributed by atoms with Crippen LogP contribution in [-0.4, -0.2) is 48.8 Å². The lowest BCUT2D eigenvalue weighted by Crippen LogP contribution is -2.51. The van der Waals surface area contributed by atoms with Crippen molar-refractivity contribution < 1.29 is 5.11 Å². The Morgan fingerprint density at radius 2 is 2.10 bits per heavy atom.